The number of methoxy groups -OCH3 is 1. The fraction of sp³-hybridized carbons (Fsp3) is 0.512. The van der Waals surface area contributed by atoms with E-state index in [1.807, 2.05) is 60.7 Å². The predicted octanol–water partition coefficient (Wildman–Crippen LogP) is 5.61. The molecule has 0 aromatic heterocycles. The molecule has 290 valence electrons. The van der Waals surface area contributed by atoms with Crippen molar-refractivity contribution in [1.29, 1.82) is 0 Å². The van der Waals surface area contributed by atoms with Crippen molar-refractivity contribution in [2.24, 2.45) is 29.1 Å². The summed E-state index contributed by atoms with van der Waals surface area (Å²) in [5.74, 6) is 0.468. The number of hydroxylamine groups is 2. The number of aliphatic hydroxyl groups excluding tert-OH is 1. The molecule has 3 aliphatic carbocycles. The number of hydrogen-bond acceptors (Lipinski definition) is 9. The number of para-hydroxylation sites is 1. The predicted molar refractivity (Wildman–Crippen MR) is 208 cm³/mol. The van der Waals surface area contributed by atoms with Gasteiger partial charge in [0.15, 0.2) is 0 Å². The highest BCUT2D eigenvalue weighted by atomic mass is 16.7. The van der Waals surface area contributed by atoms with Crippen LogP contribution in [0.2, 0.25) is 0 Å². The van der Waals surface area contributed by atoms with Crippen molar-refractivity contribution in [3.63, 3.8) is 0 Å². The highest BCUT2D eigenvalue weighted by Crippen LogP contribution is 2.61. The van der Waals surface area contributed by atoms with Gasteiger partial charge >= 0.3 is 5.97 Å². The van der Waals surface area contributed by atoms with Crippen molar-refractivity contribution in [2.45, 2.75) is 84.2 Å². The van der Waals surface area contributed by atoms with E-state index in [4.69, 9.17) is 14.3 Å². The number of nitrogens with one attached hydrogen (secondary N) is 3. The van der Waals surface area contributed by atoms with Crippen molar-refractivity contribution in [1.82, 2.24) is 15.7 Å². The first-order valence-electron chi connectivity index (χ1n) is 19.2. The highest BCUT2D eigenvalue weighted by molar-refractivity contribution is 5.97. The molecule has 4 fully saturated rings. The third-order valence-corrected chi connectivity index (χ3v) is 12.5. The Hall–Kier alpha value is -4.45. The molecule has 0 radical (unpaired) electrons. The number of ether oxygens (including phenoxy) is 2. The molecule has 11 nitrogen and oxygen atoms in total. The van der Waals surface area contributed by atoms with Gasteiger partial charge < -0.3 is 30.5 Å². The van der Waals surface area contributed by atoms with Crippen LogP contribution in [0.5, 0.6) is 5.75 Å². The topological polar surface area (TPSA) is 138 Å². The first kappa shape index (κ1) is 39.2. The Morgan fingerprint density at radius 2 is 1.80 bits per heavy atom. The standard InChI is InChI=1S/C43H56N4O7/c1-25-34-21-31(43(34,3)4)22-35(25)46-42(51)39-38(26(2)53-37(49)17-16-27-12-9-8-10-13-27)36(24-48)54-47(39)23-28-14-11-15-33(40(28)52-7)29-18-30(41(50)45-6)20-32(19-29)44-5/h8-15,18-20,25-26,31,34-36,38-39,44,48H,16-17,21-24H2,1-7H3,(H,45,50)(H,46,51)/t25-,26-,31+,34+,35-,36-,38+,39-/m0/s1. The second-order valence-corrected chi connectivity index (χ2v) is 15.8. The Morgan fingerprint density at radius 3 is 2.44 bits per heavy atom. The number of amides is 2. The third kappa shape index (κ3) is 7.85. The number of rotatable bonds is 14. The van der Waals surface area contributed by atoms with Gasteiger partial charge in [-0.1, -0.05) is 69.3 Å². The molecule has 1 heterocycles. The van der Waals surface area contributed by atoms with E-state index >= 15 is 0 Å². The van der Waals surface area contributed by atoms with E-state index in [0.717, 1.165) is 34.4 Å². The molecule has 3 aromatic rings. The molecule has 4 aliphatic rings. The zero-order chi connectivity index (χ0) is 38.7. The van der Waals surface area contributed by atoms with E-state index in [1.165, 1.54) is 6.42 Å². The molecule has 7 rings (SSSR count). The quantitative estimate of drug-likeness (QED) is 0.156. The van der Waals surface area contributed by atoms with Gasteiger partial charge in [0.2, 0.25) is 5.91 Å². The van der Waals surface area contributed by atoms with Crippen molar-refractivity contribution in [3.05, 3.63) is 83.4 Å². The Labute approximate surface area is 319 Å². The van der Waals surface area contributed by atoms with E-state index in [1.54, 1.807) is 39.3 Å². The summed E-state index contributed by atoms with van der Waals surface area (Å²) in [5.41, 5.74) is 4.80. The molecule has 3 aromatic carbocycles. The summed E-state index contributed by atoms with van der Waals surface area (Å²) in [6.45, 7) is 8.45. The summed E-state index contributed by atoms with van der Waals surface area (Å²) in [6, 6.07) is 20.2. The molecule has 8 atom stereocenters. The summed E-state index contributed by atoms with van der Waals surface area (Å²) in [5, 5.41) is 21.5. The minimum Gasteiger partial charge on any atom is -0.496 e. The summed E-state index contributed by atoms with van der Waals surface area (Å²) in [4.78, 5) is 46.9. The molecule has 1 aliphatic heterocycles. The zero-order valence-corrected chi connectivity index (χ0v) is 32.6. The van der Waals surface area contributed by atoms with E-state index in [-0.39, 0.29) is 48.8 Å². The van der Waals surface area contributed by atoms with Gasteiger partial charge in [-0.05, 0) is 78.7 Å². The van der Waals surface area contributed by atoms with Crippen LogP contribution >= 0.6 is 0 Å². The Kier molecular flexibility index (Phi) is 12.0. The maximum absolute atomic E-state index is 14.6. The van der Waals surface area contributed by atoms with Crippen LogP contribution in [0.25, 0.3) is 11.1 Å². The number of carbonyl (C=O) groups excluding carboxylic acids is 3. The number of esters is 1. The summed E-state index contributed by atoms with van der Waals surface area (Å²) >= 11 is 0. The minimum absolute atomic E-state index is 0.000475. The second kappa shape index (κ2) is 16.5. The fourth-order valence-corrected chi connectivity index (χ4v) is 9.25. The van der Waals surface area contributed by atoms with Gasteiger partial charge in [-0.3, -0.25) is 19.2 Å². The van der Waals surface area contributed by atoms with Crippen LogP contribution in [0, 0.1) is 29.1 Å². The van der Waals surface area contributed by atoms with Gasteiger partial charge in [0.1, 0.15) is 24.0 Å². The largest absolute Gasteiger partial charge is 0.496 e. The van der Waals surface area contributed by atoms with Crippen LogP contribution in [0.3, 0.4) is 0 Å². The monoisotopic (exact) mass is 740 g/mol. The van der Waals surface area contributed by atoms with E-state index < -0.39 is 24.2 Å². The lowest BCUT2D eigenvalue weighted by Crippen LogP contribution is -2.62. The van der Waals surface area contributed by atoms with Gasteiger partial charge in [-0.15, -0.1) is 0 Å². The molecule has 0 spiro atoms. The van der Waals surface area contributed by atoms with Crippen LogP contribution in [-0.4, -0.2) is 80.1 Å². The number of benzene rings is 3. The van der Waals surface area contributed by atoms with E-state index in [0.29, 0.717) is 35.5 Å². The van der Waals surface area contributed by atoms with Crippen LogP contribution in [0.4, 0.5) is 5.69 Å². The second-order valence-electron chi connectivity index (χ2n) is 15.8. The number of aryl methyl sites for hydroxylation is 1. The number of carbonyl (C=O) groups is 3. The molecule has 1 saturated heterocycles. The van der Waals surface area contributed by atoms with Crippen molar-refractivity contribution in [2.75, 3.05) is 33.1 Å². The van der Waals surface area contributed by atoms with Crippen molar-refractivity contribution < 1.29 is 33.8 Å². The molecule has 0 unspecified atom stereocenters. The number of anilines is 1. The van der Waals surface area contributed by atoms with Gasteiger partial charge in [0.05, 0.1) is 26.2 Å². The molecule has 4 N–H and O–H groups in total. The zero-order valence-electron chi connectivity index (χ0n) is 32.6. The average molecular weight is 741 g/mol. The van der Waals surface area contributed by atoms with Gasteiger partial charge in [0, 0.05) is 48.9 Å². The van der Waals surface area contributed by atoms with E-state index in [9.17, 15) is 19.5 Å². The lowest BCUT2D eigenvalue weighted by molar-refractivity contribution is -0.183. The number of aliphatic hydroxyl groups is 1. The third-order valence-electron chi connectivity index (χ3n) is 12.5. The van der Waals surface area contributed by atoms with E-state index in [2.05, 4.69) is 36.7 Å². The number of hydrogen-bond donors (Lipinski definition) is 4. The first-order valence-corrected chi connectivity index (χ1v) is 19.2. The average Bonchev–Trinajstić information content (AvgIpc) is 3.55. The summed E-state index contributed by atoms with van der Waals surface area (Å²) in [6.07, 6.45) is 1.27. The van der Waals surface area contributed by atoms with Crippen LogP contribution in [0.1, 0.15) is 68.4 Å². The van der Waals surface area contributed by atoms with Crippen LogP contribution in [0.15, 0.2) is 66.7 Å². The summed E-state index contributed by atoms with van der Waals surface area (Å²) < 4.78 is 12.0. The smallest absolute Gasteiger partial charge is 0.306 e. The van der Waals surface area contributed by atoms with Gasteiger partial charge in [-0.2, -0.15) is 5.06 Å². The maximum Gasteiger partial charge on any atom is 0.306 e. The fourth-order valence-electron chi connectivity index (χ4n) is 9.25. The normalized spacial score (nSPS) is 26.3. The number of nitrogens with zero attached hydrogens (tertiary/aromatic N) is 1. The molecular formula is C43H56N4O7. The Morgan fingerprint density at radius 1 is 1.04 bits per heavy atom. The molecule has 11 heteroatoms. The molecular weight excluding hydrogens is 684 g/mol. The Balaban J connectivity index is 1.30. The lowest BCUT2D eigenvalue weighted by atomic mass is 9.45. The SMILES string of the molecule is CNC(=O)c1cc(NC)cc(-c2cccc(CN3O[C@@H](CO)[C@@H]([C@H](C)OC(=O)CCc4ccccc4)[C@H]3C(=O)N[C@H]3C[C@H]4C[C@H]([C@@H]3C)C4(C)C)c2OC)c1. The molecule has 3 saturated carbocycles. The van der Waals surface area contributed by atoms with Gasteiger partial charge in [0.25, 0.3) is 5.91 Å². The molecule has 2 amide bonds. The maximum atomic E-state index is 14.6. The Bertz CT molecular complexity index is 1820. The van der Waals surface area contributed by atoms with Crippen molar-refractivity contribution in [3.8, 4) is 16.9 Å². The minimum atomic E-state index is -0.877. The number of fused-ring (bicyclic) bond motifs is 2. The molecule has 2 bridgehead atoms. The lowest BCUT2D eigenvalue weighted by Gasteiger charge is -2.62. The summed E-state index contributed by atoms with van der Waals surface area (Å²) in [7, 11) is 4.98. The van der Waals surface area contributed by atoms with Gasteiger partial charge in [-0.25, -0.2) is 0 Å². The highest BCUT2D eigenvalue weighted by Gasteiger charge is 2.57. The van der Waals surface area contributed by atoms with Crippen LogP contribution < -0.4 is 20.7 Å². The first-order chi connectivity index (χ1) is 25.9. The van der Waals surface area contributed by atoms with Crippen LogP contribution in [-0.2, 0) is 32.1 Å². The molecule has 54 heavy (non-hydrogen) atoms. The van der Waals surface area contributed by atoms with Crippen molar-refractivity contribution >= 4 is 23.5 Å².